The van der Waals surface area contributed by atoms with E-state index in [9.17, 15) is 0 Å². The maximum atomic E-state index is 9.12. The van der Waals surface area contributed by atoms with Gasteiger partial charge in [-0.1, -0.05) is 50.5 Å². The average molecular weight is 238 g/mol. The van der Waals surface area contributed by atoms with E-state index in [4.69, 9.17) is 15.3 Å². The SMILES string of the molecule is CCCCCCC=CC=CC=C(O)C(O)=CO. The Morgan fingerprint density at radius 1 is 0.941 bits per heavy atom. The summed E-state index contributed by atoms with van der Waals surface area (Å²) in [5.41, 5.74) is 0. The highest BCUT2D eigenvalue weighted by atomic mass is 16.3. The molecule has 0 spiro atoms. The molecule has 0 bridgehead atoms. The molecule has 0 radical (unpaired) electrons. The standard InChI is InChI=1S/C14H22O3/c1-2-3-4-5-6-7-8-9-10-11-13(16)14(17)12-15/h7-12,15-17H,2-6H2,1H3. The van der Waals surface area contributed by atoms with Gasteiger partial charge in [0.05, 0.1) is 0 Å². The molecule has 0 aliphatic rings. The van der Waals surface area contributed by atoms with Crippen molar-refractivity contribution in [1.29, 1.82) is 0 Å². The number of aliphatic hydroxyl groups excluding tert-OH is 3. The molecule has 0 aromatic rings. The molecule has 0 aromatic heterocycles. The Balaban J connectivity index is 3.76. The zero-order chi connectivity index (χ0) is 12.9. The lowest BCUT2D eigenvalue weighted by Gasteiger charge is -1.93. The Morgan fingerprint density at radius 3 is 2.35 bits per heavy atom. The van der Waals surface area contributed by atoms with Gasteiger partial charge in [-0.2, -0.15) is 0 Å². The molecule has 0 aliphatic heterocycles. The molecule has 17 heavy (non-hydrogen) atoms. The molecule has 0 atom stereocenters. The Bertz CT molecular complexity index is 299. The van der Waals surface area contributed by atoms with Crippen molar-refractivity contribution in [3.05, 3.63) is 48.2 Å². The number of unbranched alkanes of at least 4 members (excludes halogenated alkanes) is 4. The molecule has 3 nitrogen and oxygen atoms in total. The summed E-state index contributed by atoms with van der Waals surface area (Å²) in [6.07, 6.45) is 15.1. The molecule has 3 heteroatoms. The van der Waals surface area contributed by atoms with Crippen molar-refractivity contribution in [2.24, 2.45) is 0 Å². The fourth-order valence-electron chi connectivity index (χ4n) is 1.23. The molecule has 0 fully saturated rings. The van der Waals surface area contributed by atoms with Crippen LogP contribution in [0.15, 0.2) is 48.2 Å². The summed E-state index contributed by atoms with van der Waals surface area (Å²) in [5, 5.41) is 26.4. The third-order valence-corrected chi connectivity index (χ3v) is 2.22. The van der Waals surface area contributed by atoms with Gasteiger partial charge in [-0.15, -0.1) is 0 Å². The van der Waals surface area contributed by atoms with Crippen molar-refractivity contribution in [2.45, 2.75) is 39.0 Å². The Labute approximate surface area is 103 Å². The fraction of sp³-hybridized carbons (Fsp3) is 0.429. The first-order valence-corrected chi connectivity index (χ1v) is 5.98. The quantitative estimate of drug-likeness (QED) is 0.332. The monoisotopic (exact) mass is 238 g/mol. The maximum absolute atomic E-state index is 9.12. The Hall–Kier alpha value is -1.64. The molecular weight excluding hydrogens is 216 g/mol. The molecule has 3 N–H and O–H groups in total. The minimum Gasteiger partial charge on any atom is -0.512 e. The first kappa shape index (κ1) is 15.4. The van der Waals surface area contributed by atoms with Crippen LogP contribution in [-0.4, -0.2) is 15.3 Å². The molecule has 0 saturated carbocycles. The van der Waals surface area contributed by atoms with Crippen LogP contribution in [0.1, 0.15) is 39.0 Å². The van der Waals surface area contributed by atoms with Gasteiger partial charge in [-0.25, -0.2) is 0 Å². The number of rotatable bonds is 8. The highest BCUT2D eigenvalue weighted by molar-refractivity contribution is 5.22. The van der Waals surface area contributed by atoms with Crippen molar-refractivity contribution in [3.8, 4) is 0 Å². The van der Waals surface area contributed by atoms with Gasteiger partial charge in [0.15, 0.2) is 11.5 Å². The van der Waals surface area contributed by atoms with E-state index in [0.717, 1.165) is 6.42 Å². The summed E-state index contributed by atoms with van der Waals surface area (Å²) in [7, 11) is 0. The predicted molar refractivity (Wildman–Crippen MR) is 71.1 cm³/mol. The Morgan fingerprint density at radius 2 is 1.71 bits per heavy atom. The first-order chi connectivity index (χ1) is 8.22. The third kappa shape index (κ3) is 9.30. The largest absolute Gasteiger partial charge is 0.512 e. The predicted octanol–water partition coefficient (Wildman–Crippen LogP) is 4.47. The number of hydrogen-bond donors (Lipinski definition) is 3. The summed E-state index contributed by atoms with van der Waals surface area (Å²) >= 11 is 0. The highest BCUT2D eigenvalue weighted by Crippen LogP contribution is 2.03. The zero-order valence-electron chi connectivity index (χ0n) is 10.3. The molecule has 0 unspecified atom stereocenters. The van der Waals surface area contributed by atoms with E-state index >= 15 is 0 Å². The second-order valence-electron chi connectivity index (χ2n) is 3.73. The molecule has 96 valence electrons. The van der Waals surface area contributed by atoms with Crippen LogP contribution in [0.25, 0.3) is 0 Å². The minimum absolute atomic E-state index is 0.361. The van der Waals surface area contributed by atoms with Crippen LogP contribution in [-0.2, 0) is 0 Å². The van der Waals surface area contributed by atoms with Crippen LogP contribution in [0.3, 0.4) is 0 Å². The summed E-state index contributed by atoms with van der Waals surface area (Å²) in [5.74, 6) is -0.904. The van der Waals surface area contributed by atoms with Crippen LogP contribution in [0.2, 0.25) is 0 Å². The van der Waals surface area contributed by atoms with E-state index in [1.54, 1.807) is 12.2 Å². The van der Waals surface area contributed by atoms with E-state index in [1.807, 2.05) is 6.08 Å². The van der Waals surface area contributed by atoms with Crippen LogP contribution >= 0.6 is 0 Å². The Kier molecular flexibility index (Phi) is 9.82. The molecule has 0 amide bonds. The van der Waals surface area contributed by atoms with Crippen LogP contribution < -0.4 is 0 Å². The zero-order valence-corrected chi connectivity index (χ0v) is 10.3. The van der Waals surface area contributed by atoms with E-state index < -0.39 is 5.76 Å². The second kappa shape index (κ2) is 10.9. The van der Waals surface area contributed by atoms with Crippen LogP contribution in [0, 0.1) is 0 Å². The lowest BCUT2D eigenvalue weighted by Crippen LogP contribution is -1.85. The van der Waals surface area contributed by atoms with Gasteiger partial charge in [0, 0.05) is 0 Å². The van der Waals surface area contributed by atoms with Crippen LogP contribution in [0.5, 0.6) is 0 Å². The van der Waals surface area contributed by atoms with Gasteiger partial charge in [0.25, 0.3) is 0 Å². The van der Waals surface area contributed by atoms with Gasteiger partial charge >= 0.3 is 0 Å². The lowest BCUT2D eigenvalue weighted by molar-refractivity contribution is 0.304. The molecule has 0 aliphatic carbocycles. The van der Waals surface area contributed by atoms with Crippen molar-refractivity contribution in [3.63, 3.8) is 0 Å². The van der Waals surface area contributed by atoms with Gasteiger partial charge < -0.3 is 15.3 Å². The van der Waals surface area contributed by atoms with Crippen molar-refractivity contribution < 1.29 is 15.3 Å². The second-order valence-corrected chi connectivity index (χ2v) is 3.73. The topological polar surface area (TPSA) is 60.7 Å². The summed E-state index contributed by atoms with van der Waals surface area (Å²) < 4.78 is 0. The smallest absolute Gasteiger partial charge is 0.192 e. The molecule has 0 saturated heterocycles. The highest BCUT2D eigenvalue weighted by Gasteiger charge is 1.95. The van der Waals surface area contributed by atoms with E-state index in [-0.39, 0.29) is 5.76 Å². The minimum atomic E-state index is -0.543. The molecule has 0 aromatic carbocycles. The van der Waals surface area contributed by atoms with E-state index in [2.05, 4.69) is 13.0 Å². The van der Waals surface area contributed by atoms with Crippen molar-refractivity contribution in [1.82, 2.24) is 0 Å². The van der Waals surface area contributed by atoms with Crippen LogP contribution in [0.4, 0.5) is 0 Å². The van der Waals surface area contributed by atoms with E-state index in [1.165, 1.54) is 31.8 Å². The summed E-state index contributed by atoms with van der Waals surface area (Å²) in [4.78, 5) is 0. The van der Waals surface area contributed by atoms with Gasteiger partial charge in [0.1, 0.15) is 6.26 Å². The normalized spacial score (nSPS) is 13.9. The molecule has 0 heterocycles. The van der Waals surface area contributed by atoms with E-state index in [0.29, 0.717) is 6.26 Å². The number of aliphatic hydroxyl groups is 3. The molecular formula is C14H22O3. The molecule has 0 rings (SSSR count). The van der Waals surface area contributed by atoms with Gasteiger partial charge in [-0.3, -0.25) is 0 Å². The van der Waals surface area contributed by atoms with Crippen molar-refractivity contribution >= 4 is 0 Å². The number of allylic oxidation sites excluding steroid dienone is 5. The first-order valence-electron chi connectivity index (χ1n) is 5.98. The maximum Gasteiger partial charge on any atom is 0.192 e. The van der Waals surface area contributed by atoms with Gasteiger partial charge in [0.2, 0.25) is 0 Å². The van der Waals surface area contributed by atoms with Crippen molar-refractivity contribution in [2.75, 3.05) is 0 Å². The average Bonchev–Trinajstić information content (AvgIpc) is 2.35. The third-order valence-electron chi connectivity index (χ3n) is 2.22. The lowest BCUT2D eigenvalue weighted by atomic mass is 10.1. The summed E-state index contributed by atoms with van der Waals surface area (Å²) in [6, 6.07) is 0. The fourth-order valence-corrected chi connectivity index (χ4v) is 1.23. The van der Waals surface area contributed by atoms with Gasteiger partial charge in [-0.05, 0) is 18.9 Å². The summed E-state index contributed by atoms with van der Waals surface area (Å²) in [6.45, 7) is 2.19. The number of hydrogen-bond acceptors (Lipinski definition) is 3.